The van der Waals surface area contributed by atoms with Crippen molar-refractivity contribution in [3.63, 3.8) is 0 Å². The molecule has 0 heterocycles. The number of carbonyl (C=O) groups is 2. The Morgan fingerprint density at radius 1 is 1.22 bits per heavy atom. The van der Waals surface area contributed by atoms with E-state index in [1.807, 2.05) is 0 Å². The summed E-state index contributed by atoms with van der Waals surface area (Å²) in [5, 5.41) is 21.4. The van der Waals surface area contributed by atoms with Crippen molar-refractivity contribution < 1.29 is 19.8 Å². The minimum atomic E-state index is -0.963. The molecule has 1 aliphatic carbocycles. The quantitative estimate of drug-likeness (QED) is 0.686. The Balaban J connectivity index is 2.38. The zero-order chi connectivity index (χ0) is 13.7. The SMILES string of the molecule is CC(C(=O)O)C(C)C(=O)NCC1CCCCC1O. The van der Waals surface area contributed by atoms with Gasteiger partial charge in [0.05, 0.1) is 12.0 Å². The van der Waals surface area contributed by atoms with E-state index in [4.69, 9.17) is 5.11 Å². The number of aliphatic hydroxyl groups excluding tert-OH is 1. The molecule has 0 saturated heterocycles. The summed E-state index contributed by atoms with van der Waals surface area (Å²) in [6.07, 6.45) is 3.49. The number of nitrogens with one attached hydrogen (secondary N) is 1. The van der Waals surface area contributed by atoms with Crippen LogP contribution in [0.1, 0.15) is 39.5 Å². The minimum absolute atomic E-state index is 0.107. The summed E-state index contributed by atoms with van der Waals surface area (Å²) in [5.41, 5.74) is 0. The molecule has 4 atom stereocenters. The zero-order valence-electron chi connectivity index (χ0n) is 11.1. The topological polar surface area (TPSA) is 86.6 Å². The maximum Gasteiger partial charge on any atom is 0.307 e. The summed E-state index contributed by atoms with van der Waals surface area (Å²) >= 11 is 0. The molecule has 0 bridgehead atoms. The van der Waals surface area contributed by atoms with Crippen molar-refractivity contribution in [1.82, 2.24) is 5.32 Å². The van der Waals surface area contributed by atoms with Crippen LogP contribution in [0.15, 0.2) is 0 Å². The highest BCUT2D eigenvalue weighted by Gasteiger charge is 2.28. The fourth-order valence-electron chi connectivity index (χ4n) is 2.26. The minimum Gasteiger partial charge on any atom is -0.481 e. The summed E-state index contributed by atoms with van der Waals surface area (Å²) in [6, 6.07) is 0. The summed E-state index contributed by atoms with van der Waals surface area (Å²) in [6.45, 7) is 3.59. The Hall–Kier alpha value is -1.10. The first-order valence-corrected chi connectivity index (χ1v) is 6.62. The molecule has 3 N–H and O–H groups in total. The number of carboxylic acid groups (broad SMARTS) is 1. The molecule has 5 heteroatoms. The maximum atomic E-state index is 11.8. The highest BCUT2D eigenvalue weighted by molar-refractivity contribution is 5.84. The molecule has 104 valence electrons. The van der Waals surface area contributed by atoms with Crippen LogP contribution in [0.4, 0.5) is 0 Å². The molecule has 1 rings (SSSR count). The van der Waals surface area contributed by atoms with Crippen molar-refractivity contribution in [1.29, 1.82) is 0 Å². The second-order valence-corrected chi connectivity index (χ2v) is 5.27. The summed E-state index contributed by atoms with van der Waals surface area (Å²) < 4.78 is 0. The van der Waals surface area contributed by atoms with Gasteiger partial charge in [-0.05, 0) is 12.8 Å². The molecule has 4 unspecified atom stereocenters. The fourth-order valence-corrected chi connectivity index (χ4v) is 2.26. The predicted octanol–water partition coefficient (Wildman–Crippen LogP) is 1.01. The smallest absolute Gasteiger partial charge is 0.307 e. The number of aliphatic hydroxyl groups is 1. The van der Waals surface area contributed by atoms with Crippen molar-refractivity contribution >= 4 is 11.9 Å². The molecule has 18 heavy (non-hydrogen) atoms. The van der Waals surface area contributed by atoms with Gasteiger partial charge in [0.25, 0.3) is 0 Å². The number of hydrogen-bond donors (Lipinski definition) is 3. The van der Waals surface area contributed by atoms with Crippen LogP contribution in [0.25, 0.3) is 0 Å². The molecule has 1 amide bonds. The van der Waals surface area contributed by atoms with Crippen molar-refractivity contribution in [3.8, 4) is 0 Å². The first-order chi connectivity index (χ1) is 8.43. The van der Waals surface area contributed by atoms with Gasteiger partial charge < -0.3 is 15.5 Å². The Morgan fingerprint density at radius 3 is 2.39 bits per heavy atom. The molecule has 0 aromatic heterocycles. The molecular formula is C13H23NO4. The Labute approximate surface area is 108 Å². The molecule has 0 radical (unpaired) electrons. The Kier molecular flexibility index (Phi) is 5.59. The molecule has 0 aromatic carbocycles. The lowest BCUT2D eigenvalue weighted by molar-refractivity contribution is -0.146. The number of amides is 1. The van der Waals surface area contributed by atoms with Gasteiger partial charge in [0.2, 0.25) is 5.91 Å². The van der Waals surface area contributed by atoms with E-state index in [9.17, 15) is 14.7 Å². The van der Waals surface area contributed by atoms with Crippen LogP contribution in [-0.4, -0.2) is 34.7 Å². The Bertz CT molecular complexity index is 305. The van der Waals surface area contributed by atoms with Gasteiger partial charge in [-0.2, -0.15) is 0 Å². The lowest BCUT2D eigenvalue weighted by Gasteiger charge is -2.28. The van der Waals surface area contributed by atoms with Crippen LogP contribution in [0.2, 0.25) is 0 Å². The van der Waals surface area contributed by atoms with E-state index in [-0.39, 0.29) is 17.9 Å². The van der Waals surface area contributed by atoms with Crippen LogP contribution in [0, 0.1) is 17.8 Å². The van der Waals surface area contributed by atoms with E-state index in [1.54, 1.807) is 6.92 Å². The maximum absolute atomic E-state index is 11.8. The van der Waals surface area contributed by atoms with Gasteiger partial charge in [0.15, 0.2) is 0 Å². The lowest BCUT2D eigenvalue weighted by atomic mass is 9.86. The average molecular weight is 257 g/mol. The Morgan fingerprint density at radius 2 is 1.83 bits per heavy atom. The van der Waals surface area contributed by atoms with Gasteiger partial charge in [0.1, 0.15) is 0 Å². The third-order valence-corrected chi connectivity index (χ3v) is 3.96. The monoisotopic (exact) mass is 257 g/mol. The van der Waals surface area contributed by atoms with Gasteiger partial charge in [-0.15, -0.1) is 0 Å². The normalized spacial score (nSPS) is 27.3. The summed E-state index contributed by atoms with van der Waals surface area (Å²) in [4.78, 5) is 22.6. The second kappa shape index (κ2) is 6.73. The summed E-state index contributed by atoms with van der Waals surface area (Å²) in [7, 11) is 0. The predicted molar refractivity (Wildman–Crippen MR) is 66.9 cm³/mol. The van der Waals surface area contributed by atoms with Gasteiger partial charge in [-0.25, -0.2) is 0 Å². The van der Waals surface area contributed by atoms with Crippen LogP contribution in [-0.2, 0) is 9.59 Å². The first kappa shape index (κ1) is 15.0. The molecule has 1 saturated carbocycles. The fraction of sp³-hybridized carbons (Fsp3) is 0.846. The van der Waals surface area contributed by atoms with Crippen LogP contribution in [0.3, 0.4) is 0 Å². The van der Waals surface area contributed by atoms with Gasteiger partial charge in [-0.3, -0.25) is 9.59 Å². The largest absolute Gasteiger partial charge is 0.481 e. The molecule has 0 aromatic rings. The number of aliphatic carboxylic acids is 1. The van der Waals surface area contributed by atoms with Gasteiger partial charge in [-0.1, -0.05) is 26.7 Å². The van der Waals surface area contributed by atoms with Crippen molar-refractivity contribution in [3.05, 3.63) is 0 Å². The molecule has 1 aliphatic rings. The third kappa shape index (κ3) is 3.98. The molecule has 0 spiro atoms. The summed E-state index contributed by atoms with van der Waals surface area (Å²) in [5.74, 6) is -2.35. The standard InChI is InChI=1S/C13H23NO4/c1-8(9(2)13(17)18)12(16)14-7-10-5-3-4-6-11(10)15/h8-11,15H,3-7H2,1-2H3,(H,14,16)(H,17,18). The van der Waals surface area contributed by atoms with Crippen LogP contribution < -0.4 is 5.32 Å². The van der Waals surface area contributed by atoms with E-state index in [0.717, 1.165) is 25.7 Å². The van der Waals surface area contributed by atoms with Crippen molar-refractivity contribution in [2.45, 2.75) is 45.6 Å². The highest BCUT2D eigenvalue weighted by atomic mass is 16.4. The average Bonchev–Trinajstić information content (AvgIpc) is 2.35. The molecule has 0 aliphatic heterocycles. The molecule has 5 nitrogen and oxygen atoms in total. The lowest BCUT2D eigenvalue weighted by Crippen LogP contribution is -2.41. The van der Waals surface area contributed by atoms with E-state index in [0.29, 0.717) is 6.54 Å². The van der Waals surface area contributed by atoms with Gasteiger partial charge >= 0.3 is 5.97 Å². The number of rotatable bonds is 5. The number of carbonyl (C=O) groups excluding carboxylic acids is 1. The van der Waals surface area contributed by atoms with E-state index in [1.165, 1.54) is 6.92 Å². The first-order valence-electron chi connectivity index (χ1n) is 6.62. The van der Waals surface area contributed by atoms with E-state index < -0.39 is 17.8 Å². The van der Waals surface area contributed by atoms with Crippen molar-refractivity contribution in [2.75, 3.05) is 6.54 Å². The number of carboxylic acids is 1. The third-order valence-electron chi connectivity index (χ3n) is 3.96. The molecule has 1 fully saturated rings. The molecular weight excluding hydrogens is 234 g/mol. The van der Waals surface area contributed by atoms with Gasteiger partial charge in [0, 0.05) is 18.4 Å². The van der Waals surface area contributed by atoms with Crippen LogP contribution in [0.5, 0.6) is 0 Å². The van der Waals surface area contributed by atoms with E-state index >= 15 is 0 Å². The van der Waals surface area contributed by atoms with Crippen molar-refractivity contribution in [2.24, 2.45) is 17.8 Å². The zero-order valence-corrected chi connectivity index (χ0v) is 11.1. The highest BCUT2D eigenvalue weighted by Crippen LogP contribution is 2.23. The second-order valence-electron chi connectivity index (χ2n) is 5.27. The number of hydrogen-bond acceptors (Lipinski definition) is 3. The van der Waals surface area contributed by atoms with Crippen LogP contribution >= 0.6 is 0 Å². The van der Waals surface area contributed by atoms with E-state index in [2.05, 4.69) is 5.32 Å².